The van der Waals surface area contributed by atoms with Crippen molar-refractivity contribution in [1.82, 2.24) is 0 Å². The van der Waals surface area contributed by atoms with E-state index in [1.54, 1.807) is 23.9 Å². The Hall–Kier alpha value is -1.36. The Morgan fingerprint density at radius 3 is 2.24 bits per heavy atom. The van der Waals surface area contributed by atoms with E-state index >= 15 is 0 Å². The number of ether oxygens (including phenoxy) is 3. The highest BCUT2D eigenvalue weighted by Gasteiger charge is 2.13. The maximum Gasteiger partial charge on any atom is 0.203 e. The number of thioether (sulfide) groups is 1. The molecule has 0 fully saturated rings. The van der Waals surface area contributed by atoms with Crippen LogP contribution in [-0.4, -0.2) is 39.1 Å². The molecule has 0 aliphatic heterocycles. The van der Waals surface area contributed by atoms with Gasteiger partial charge in [0.25, 0.3) is 0 Å². The summed E-state index contributed by atoms with van der Waals surface area (Å²) in [6.45, 7) is 0.564. The van der Waals surface area contributed by atoms with Crippen LogP contribution in [0.15, 0.2) is 12.1 Å². The summed E-state index contributed by atoms with van der Waals surface area (Å²) < 4.78 is 16.0. The van der Waals surface area contributed by atoms with Gasteiger partial charge in [0, 0.05) is 11.3 Å². The van der Waals surface area contributed by atoms with Crippen LogP contribution in [0.4, 0.5) is 0 Å². The lowest BCUT2D eigenvalue weighted by molar-refractivity contribution is 0.112. The minimum atomic E-state index is 0.496. The predicted octanol–water partition coefficient (Wildman–Crippen LogP) is 2.26. The molecule has 1 aromatic rings. The zero-order valence-electron chi connectivity index (χ0n) is 10.2. The second-order valence-corrected chi connectivity index (χ2v) is 4.20. The normalized spacial score (nSPS) is 9.82. The quantitative estimate of drug-likeness (QED) is 0.553. The maximum atomic E-state index is 10.8. The molecule has 0 aliphatic carbocycles. The Morgan fingerprint density at radius 2 is 1.82 bits per heavy atom. The molecule has 0 bridgehead atoms. The second-order valence-electron chi connectivity index (χ2n) is 3.21. The van der Waals surface area contributed by atoms with Gasteiger partial charge < -0.3 is 14.2 Å². The molecular weight excluding hydrogens is 240 g/mol. The number of hydrogen-bond acceptors (Lipinski definition) is 5. The summed E-state index contributed by atoms with van der Waals surface area (Å²) in [4.78, 5) is 10.8. The summed E-state index contributed by atoms with van der Waals surface area (Å²) in [5, 5.41) is 0. The van der Waals surface area contributed by atoms with E-state index in [-0.39, 0.29) is 0 Å². The predicted molar refractivity (Wildman–Crippen MR) is 68.8 cm³/mol. The van der Waals surface area contributed by atoms with Gasteiger partial charge in [0.05, 0.1) is 20.8 Å². The van der Waals surface area contributed by atoms with Crippen LogP contribution in [0, 0.1) is 0 Å². The first-order valence-corrected chi connectivity index (χ1v) is 6.49. The van der Waals surface area contributed by atoms with Gasteiger partial charge in [0.15, 0.2) is 11.5 Å². The molecule has 94 valence electrons. The van der Waals surface area contributed by atoms with Crippen molar-refractivity contribution in [2.24, 2.45) is 0 Å². The van der Waals surface area contributed by atoms with Gasteiger partial charge in [-0.3, -0.25) is 4.79 Å². The molecule has 17 heavy (non-hydrogen) atoms. The average Bonchev–Trinajstić information content (AvgIpc) is 2.38. The number of carbonyl (C=O) groups excluding carboxylic acids is 1. The lowest BCUT2D eigenvalue weighted by Gasteiger charge is -2.14. The van der Waals surface area contributed by atoms with E-state index in [1.165, 1.54) is 14.2 Å². The van der Waals surface area contributed by atoms with Crippen LogP contribution in [0.3, 0.4) is 0 Å². The summed E-state index contributed by atoms with van der Waals surface area (Å²) in [6, 6.07) is 3.26. The van der Waals surface area contributed by atoms with E-state index in [9.17, 15) is 4.79 Å². The summed E-state index contributed by atoms with van der Waals surface area (Å²) in [5.74, 6) is 2.43. The summed E-state index contributed by atoms with van der Waals surface area (Å²) in [6.07, 6.45) is 2.75. The van der Waals surface area contributed by atoms with Crippen molar-refractivity contribution >= 4 is 18.0 Å². The van der Waals surface area contributed by atoms with E-state index in [2.05, 4.69) is 0 Å². The molecule has 4 nitrogen and oxygen atoms in total. The Kier molecular flexibility index (Phi) is 5.69. The molecule has 1 rings (SSSR count). The molecule has 0 aliphatic rings. The maximum absolute atomic E-state index is 10.8. The van der Waals surface area contributed by atoms with Crippen molar-refractivity contribution in [1.29, 1.82) is 0 Å². The minimum Gasteiger partial charge on any atom is -0.493 e. The van der Waals surface area contributed by atoms with Crippen molar-refractivity contribution < 1.29 is 19.0 Å². The fraction of sp³-hybridized carbons (Fsp3) is 0.417. The van der Waals surface area contributed by atoms with Crippen molar-refractivity contribution in [2.75, 3.05) is 32.8 Å². The molecule has 0 saturated heterocycles. The van der Waals surface area contributed by atoms with Crippen LogP contribution in [0.5, 0.6) is 17.2 Å². The smallest absolute Gasteiger partial charge is 0.203 e. The topological polar surface area (TPSA) is 44.8 Å². The molecular formula is C12H16O4S. The van der Waals surface area contributed by atoms with Crippen LogP contribution in [0.1, 0.15) is 10.4 Å². The SMILES string of the molecule is COc1cc(C=O)cc(OC)c1OCCSC. The van der Waals surface area contributed by atoms with Gasteiger partial charge in [-0.25, -0.2) is 0 Å². The first kappa shape index (κ1) is 13.7. The third-order valence-corrected chi connectivity index (χ3v) is 2.73. The van der Waals surface area contributed by atoms with Gasteiger partial charge >= 0.3 is 0 Å². The van der Waals surface area contributed by atoms with Gasteiger partial charge in [-0.05, 0) is 18.4 Å². The zero-order chi connectivity index (χ0) is 12.7. The first-order chi connectivity index (χ1) is 8.26. The zero-order valence-corrected chi connectivity index (χ0v) is 11.0. The fourth-order valence-electron chi connectivity index (χ4n) is 1.34. The van der Waals surface area contributed by atoms with Crippen molar-refractivity contribution in [2.45, 2.75) is 0 Å². The average molecular weight is 256 g/mol. The van der Waals surface area contributed by atoms with E-state index in [1.807, 2.05) is 6.26 Å². The van der Waals surface area contributed by atoms with Gasteiger partial charge in [0.1, 0.15) is 6.29 Å². The fourth-order valence-corrected chi connectivity index (χ4v) is 1.59. The van der Waals surface area contributed by atoms with Crippen molar-refractivity contribution in [3.8, 4) is 17.2 Å². The molecule has 0 aromatic heterocycles. The number of aldehydes is 1. The Morgan fingerprint density at radius 1 is 1.24 bits per heavy atom. The Balaban J connectivity index is 3.01. The van der Waals surface area contributed by atoms with Crippen LogP contribution in [0.25, 0.3) is 0 Å². The van der Waals surface area contributed by atoms with E-state index < -0.39 is 0 Å². The third kappa shape index (κ3) is 3.56. The largest absolute Gasteiger partial charge is 0.493 e. The highest BCUT2D eigenvalue weighted by molar-refractivity contribution is 7.98. The van der Waals surface area contributed by atoms with Gasteiger partial charge in [-0.2, -0.15) is 11.8 Å². The van der Waals surface area contributed by atoms with Crippen LogP contribution < -0.4 is 14.2 Å². The highest BCUT2D eigenvalue weighted by atomic mass is 32.2. The van der Waals surface area contributed by atoms with Crippen molar-refractivity contribution in [3.05, 3.63) is 17.7 Å². The van der Waals surface area contributed by atoms with E-state index in [4.69, 9.17) is 14.2 Å². The molecule has 0 atom stereocenters. The van der Waals surface area contributed by atoms with E-state index in [0.29, 0.717) is 29.4 Å². The molecule has 0 N–H and O–H groups in total. The molecule has 0 saturated carbocycles. The lowest BCUT2D eigenvalue weighted by Crippen LogP contribution is -2.04. The minimum absolute atomic E-state index is 0.496. The lowest BCUT2D eigenvalue weighted by atomic mass is 10.2. The van der Waals surface area contributed by atoms with Crippen LogP contribution >= 0.6 is 11.8 Å². The van der Waals surface area contributed by atoms with Gasteiger partial charge in [0.2, 0.25) is 5.75 Å². The van der Waals surface area contributed by atoms with Crippen LogP contribution in [-0.2, 0) is 0 Å². The summed E-state index contributed by atoms with van der Waals surface area (Å²) in [7, 11) is 3.07. The molecule has 0 radical (unpaired) electrons. The standard InChI is InChI=1S/C12H16O4S/c1-14-10-6-9(8-13)7-11(15-2)12(10)16-4-5-17-3/h6-8H,4-5H2,1-3H3. The molecule has 5 heteroatoms. The van der Waals surface area contributed by atoms with Crippen molar-refractivity contribution in [3.63, 3.8) is 0 Å². The Bertz CT molecular complexity index is 354. The van der Waals surface area contributed by atoms with Gasteiger partial charge in [-0.15, -0.1) is 0 Å². The Labute approximate surface area is 105 Å². The number of hydrogen-bond donors (Lipinski definition) is 0. The third-order valence-electron chi connectivity index (χ3n) is 2.15. The monoisotopic (exact) mass is 256 g/mol. The van der Waals surface area contributed by atoms with E-state index in [0.717, 1.165) is 12.0 Å². The van der Waals surface area contributed by atoms with Gasteiger partial charge in [-0.1, -0.05) is 0 Å². The number of rotatable bonds is 7. The number of benzene rings is 1. The molecule has 0 spiro atoms. The number of methoxy groups -OCH3 is 2. The summed E-state index contributed by atoms with van der Waals surface area (Å²) >= 11 is 1.69. The molecule has 0 amide bonds. The number of carbonyl (C=O) groups is 1. The molecule has 0 unspecified atom stereocenters. The first-order valence-electron chi connectivity index (χ1n) is 5.09. The second kappa shape index (κ2) is 7.06. The van der Waals surface area contributed by atoms with Crippen LogP contribution in [0.2, 0.25) is 0 Å². The highest BCUT2D eigenvalue weighted by Crippen LogP contribution is 2.38. The molecule has 1 aromatic carbocycles. The summed E-state index contributed by atoms with van der Waals surface area (Å²) in [5.41, 5.74) is 0.496. The molecule has 0 heterocycles.